The van der Waals surface area contributed by atoms with Gasteiger partial charge in [0, 0.05) is 10.2 Å². The Balaban J connectivity index is 1.79. The summed E-state index contributed by atoms with van der Waals surface area (Å²) in [6.07, 6.45) is 2.26. The van der Waals surface area contributed by atoms with E-state index in [-0.39, 0.29) is 11.3 Å². The first-order valence-electron chi connectivity index (χ1n) is 7.78. The van der Waals surface area contributed by atoms with E-state index in [2.05, 4.69) is 26.7 Å². The number of amides is 1. The van der Waals surface area contributed by atoms with Gasteiger partial charge in [-0.05, 0) is 61.6 Å². The zero-order chi connectivity index (χ0) is 17.1. The number of hydrogen-bond acceptors (Lipinski definition) is 3. The third kappa shape index (κ3) is 4.13. The second kappa shape index (κ2) is 7.32. The van der Waals surface area contributed by atoms with Crippen LogP contribution in [0.4, 0.5) is 15.8 Å². The van der Waals surface area contributed by atoms with Gasteiger partial charge in [0.05, 0.1) is 17.9 Å². The van der Waals surface area contributed by atoms with Crippen LogP contribution in [0, 0.1) is 18.7 Å². The molecule has 24 heavy (non-hydrogen) atoms. The fourth-order valence-corrected chi connectivity index (χ4v) is 2.78. The van der Waals surface area contributed by atoms with Crippen molar-refractivity contribution in [3.63, 3.8) is 0 Å². The highest BCUT2D eigenvalue weighted by Crippen LogP contribution is 2.29. The predicted octanol–water partition coefficient (Wildman–Crippen LogP) is 4.71. The van der Waals surface area contributed by atoms with E-state index in [1.165, 1.54) is 12.1 Å². The maximum Gasteiger partial charge on any atom is 0.277 e. The third-order valence-electron chi connectivity index (χ3n) is 3.89. The first-order valence-corrected chi connectivity index (χ1v) is 8.57. The van der Waals surface area contributed by atoms with Gasteiger partial charge >= 0.3 is 0 Å². The number of carbonyl (C=O) groups is 1. The van der Waals surface area contributed by atoms with Crippen molar-refractivity contribution in [3.05, 3.63) is 57.8 Å². The van der Waals surface area contributed by atoms with E-state index in [1.807, 2.05) is 25.1 Å². The maximum atomic E-state index is 14.3. The van der Waals surface area contributed by atoms with Crippen LogP contribution in [0.25, 0.3) is 0 Å². The molecule has 1 saturated carbocycles. The Morgan fingerprint density at radius 3 is 2.83 bits per heavy atom. The number of nitrogens with one attached hydrogen (secondary N) is 2. The molecule has 3 rings (SSSR count). The predicted molar refractivity (Wildman–Crippen MR) is 94.7 cm³/mol. The molecule has 6 heteroatoms. The molecule has 0 heterocycles. The van der Waals surface area contributed by atoms with E-state index >= 15 is 0 Å². The minimum absolute atomic E-state index is 0.135. The van der Waals surface area contributed by atoms with Crippen LogP contribution in [0.1, 0.15) is 28.8 Å². The SMILES string of the molecule is Cc1cc(Br)ccc1Nc1c(F)cccc1C(=O)NOCC1CC1. The highest BCUT2D eigenvalue weighted by Gasteiger charge is 2.22. The summed E-state index contributed by atoms with van der Waals surface area (Å²) in [4.78, 5) is 17.5. The highest BCUT2D eigenvalue weighted by atomic mass is 79.9. The van der Waals surface area contributed by atoms with Crippen molar-refractivity contribution in [2.45, 2.75) is 19.8 Å². The Hall–Kier alpha value is -1.92. The standard InChI is InChI=1S/C18H18BrFN2O2/c1-11-9-13(19)7-8-16(11)21-17-14(3-2-4-15(17)20)18(23)22-24-10-12-5-6-12/h2-4,7-9,12,21H,5-6,10H2,1H3,(H,22,23). The Labute approximate surface area is 148 Å². The zero-order valence-electron chi connectivity index (χ0n) is 13.2. The van der Waals surface area contributed by atoms with Gasteiger partial charge in [0.15, 0.2) is 0 Å². The average Bonchev–Trinajstić information content (AvgIpc) is 3.35. The van der Waals surface area contributed by atoms with Gasteiger partial charge < -0.3 is 5.32 Å². The van der Waals surface area contributed by atoms with E-state index in [0.717, 1.165) is 28.6 Å². The minimum atomic E-state index is -0.493. The van der Waals surface area contributed by atoms with Crippen LogP contribution in [-0.2, 0) is 4.84 Å². The van der Waals surface area contributed by atoms with Gasteiger partial charge in [-0.1, -0.05) is 22.0 Å². The van der Waals surface area contributed by atoms with Crippen LogP contribution in [0.5, 0.6) is 0 Å². The molecule has 2 N–H and O–H groups in total. The Morgan fingerprint density at radius 1 is 1.33 bits per heavy atom. The molecule has 0 radical (unpaired) electrons. The second-order valence-corrected chi connectivity index (χ2v) is 6.85. The molecule has 4 nitrogen and oxygen atoms in total. The van der Waals surface area contributed by atoms with Crippen molar-refractivity contribution in [2.24, 2.45) is 5.92 Å². The van der Waals surface area contributed by atoms with E-state index in [1.54, 1.807) is 6.07 Å². The first kappa shape index (κ1) is 16.9. The summed E-state index contributed by atoms with van der Waals surface area (Å²) in [7, 11) is 0. The number of anilines is 2. The second-order valence-electron chi connectivity index (χ2n) is 5.93. The van der Waals surface area contributed by atoms with Crippen LogP contribution in [0.2, 0.25) is 0 Å². The molecule has 0 spiro atoms. The Bertz CT molecular complexity index is 763. The van der Waals surface area contributed by atoms with E-state index in [9.17, 15) is 9.18 Å². The van der Waals surface area contributed by atoms with Crippen molar-refractivity contribution in [3.8, 4) is 0 Å². The van der Waals surface area contributed by atoms with Gasteiger partial charge in [0.2, 0.25) is 0 Å². The molecule has 126 valence electrons. The molecule has 1 aliphatic carbocycles. The normalized spacial score (nSPS) is 13.6. The van der Waals surface area contributed by atoms with Crippen molar-refractivity contribution in [1.29, 1.82) is 0 Å². The fourth-order valence-electron chi connectivity index (χ4n) is 2.31. The van der Waals surface area contributed by atoms with Gasteiger partial charge in [-0.15, -0.1) is 0 Å². The molecule has 2 aromatic rings. The molecular weight excluding hydrogens is 375 g/mol. The Morgan fingerprint density at radius 2 is 2.12 bits per heavy atom. The molecule has 0 unspecified atom stereocenters. The van der Waals surface area contributed by atoms with Gasteiger partial charge in [0.1, 0.15) is 5.82 Å². The van der Waals surface area contributed by atoms with Crippen LogP contribution in [0.3, 0.4) is 0 Å². The summed E-state index contributed by atoms with van der Waals surface area (Å²) in [5, 5.41) is 3.02. The van der Waals surface area contributed by atoms with Gasteiger partial charge in [-0.2, -0.15) is 0 Å². The lowest BCUT2D eigenvalue weighted by Gasteiger charge is -2.15. The molecule has 0 aromatic heterocycles. The summed E-state index contributed by atoms with van der Waals surface area (Å²) >= 11 is 3.40. The molecule has 0 bridgehead atoms. The summed E-state index contributed by atoms with van der Waals surface area (Å²) in [6, 6.07) is 9.99. The molecule has 0 atom stereocenters. The number of hydroxylamine groups is 1. The monoisotopic (exact) mass is 392 g/mol. The highest BCUT2D eigenvalue weighted by molar-refractivity contribution is 9.10. The molecule has 0 saturated heterocycles. The minimum Gasteiger partial charge on any atom is -0.352 e. The summed E-state index contributed by atoms with van der Waals surface area (Å²) in [5.41, 5.74) is 4.40. The molecule has 1 amide bonds. The number of halogens is 2. The number of para-hydroxylation sites is 1. The lowest BCUT2D eigenvalue weighted by atomic mass is 10.1. The largest absolute Gasteiger partial charge is 0.352 e. The lowest BCUT2D eigenvalue weighted by Crippen LogP contribution is -2.25. The lowest BCUT2D eigenvalue weighted by molar-refractivity contribution is 0.0271. The van der Waals surface area contributed by atoms with Crippen LogP contribution in [0.15, 0.2) is 40.9 Å². The summed E-state index contributed by atoms with van der Waals surface area (Å²) in [5.74, 6) is -0.430. The van der Waals surface area contributed by atoms with Crippen LogP contribution >= 0.6 is 15.9 Å². The van der Waals surface area contributed by atoms with E-state index < -0.39 is 11.7 Å². The number of aryl methyl sites for hydroxylation is 1. The maximum absolute atomic E-state index is 14.3. The first-order chi connectivity index (χ1) is 11.5. The van der Waals surface area contributed by atoms with Crippen LogP contribution < -0.4 is 10.8 Å². The van der Waals surface area contributed by atoms with Gasteiger partial charge in [0.25, 0.3) is 5.91 Å². The van der Waals surface area contributed by atoms with E-state index in [4.69, 9.17) is 4.84 Å². The quantitative estimate of drug-likeness (QED) is 0.699. The third-order valence-corrected chi connectivity index (χ3v) is 4.38. The van der Waals surface area contributed by atoms with Crippen molar-refractivity contribution in [2.75, 3.05) is 11.9 Å². The van der Waals surface area contributed by atoms with Crippen molar-refractivity contribution < 1.29 is 14.0 Å². The summed E-state index contributed by atoms with van der Waals surface area (Å²) in [6.45, 7) is 2.40. The van der Waals surface area contributed by atoms with Gasteiger partial charge in [-0.3, -0.25) is 9.63 Å². The Kier molecular flexibility index (Phi) is 5.16. The van der Waals surface area contributed by atoms with E-state index in [0.29, 0.717) is 12.5 Å². The van der Waals surface area contributed by atoms with Crippen molar-refractivity contribution in [1.82, 2.24) is 5.48 Å². The average molecular weight is 393 g/mol. The number of carbonyl (C=O) groups excluding carboxylic acids is 1. The molecule has 0 aliphatic heterocycles. The van der Waals surface area contributed by atoms with Crippen LogP contribution in [-0.4, -0.2) is 12.5 Å². The van der Waals surface area contributed by atoms with Crippen molar-refractivity contribution >= 4 is 33.2 Å². The number of benzene rings is 2. The number of hydrogen-bond donors (Lipinski definition) is 2. The number of rotatable bonds is 6. The molecule has 1 aliphatic rings. The van der Waals surface area contributed by atoms with Gasteiger partial charge in [-0.25, -0.2) is 9.87 Å². The fraction of sp³-hybridized carbons (Fsp3) is 0.278. The molecular formula is C18H18BrFN2O2. The zero-order valence-corrected chi connectivity index (χ0v) is 14.8. The topological polar surface area (TPSA) is 50.4 Å². The smallest absolute Gasteiger partial charge is 0.277 e. The molecule has 2 aromatic carbocycles. The molecule has 1 fully saturated rings. The summed E-state index contributed by atoms with van der Waals surface area (Å²) < 4.78 is 15.2.